The average molecular weight is 562 g/mol. The normalized spacial score (nSPS) is 12.3. The number of aliphatic hydroxyl groups excluding tert-OH is 2. The van der Waals surface area contributed by atoms with Crippen molar-refractivity contribution >= 4 is 12.0 Å². The van der Waals surface area contributed by atoms with Crippen molar-refractivity contribution in [2.75, 3.05) is 45.2 Å². The van der Waals surface area contributed by atoms with Gasteiger partial charge in [0.15, 0.2) is 0 Å². The molecule has 0 aliphatic carbocycles. The van der Waals surface area contributed by atoms with Crippen LogP contribution in [0.25, 0.3) is 0 Å². The molecule has 5 N–H and O–H groups in total. The topological polar surface area (TPSA) is 105 Å². The predicted octanol–water partition coefficient (Wildman–Crippen LogP) is 6.26. The standard InChI is InChI=1S/C14H20N2O3.C5H8.C4H9N.C4H8O.C4H8.C2H6/c17-8-7-16-5-3-12(4-6-16)15-14-2-1-13(19)9-11(14)10-18;1-3-5-4-2;1-3-4-5-2;1-2-3-4-5;1-3-4-2;1-2/h1-2,8-9,12,15,18-19H,3-7,10H2;3-5H,1H2,2H3;3,5H,1,4H2,2H3;2-3,5H,4H2,1H3;3H,1,4H2,2H3;1-2H3/b;5-4-;;3-2+;;. The third kappa shape index (κ3) is 31.2. The Morgan fingerprint density at radius 3 is 1.95 bits per heavy atom. The summed E-state index contributed by atoms with van der Waals surface area (Å²) in [5, 5.41) is 33.0. The monoisotopic (exact) mass is 561 g/mol. The summed E-state index contributed by atoms with van der Waals surface area (Å²) in [6, 6.07) is 5.32. The summed E-state index contributed by atoms with van der Waals surface area (Å²) in [7, 11) is 1.89. The molecule has 1 saturated heterocycles. The number of carbonyl (C=O) groups is 1. The Hall–Kier alpha value is -2.97. The minimum Gasteiger partial charge on any atom is -0.508 e. The zero-order chi connectivity index (χ0) is 31.4. The molecule has 0 spiro atoms. The largest absolute Gasteiger partial charge is 0.508 e. The van der Waals surface area contributed by atoms with Gasteiger partial charge in [0, 0.05) is 36.9 Å². The van der Waals surface area contributed by atoms with Crippen molar-refractivity contribution in [3.05, 3.63) is 86.0 Å². The van der Waals surface area contributed by atoms with Gasteiger partial charge in [-0.2, -0.15) is 0 Å². The first-order chi connectivity index (χ1) is 19.4. The Labute approximate surface area is 245 Å². The van der Waals surface area contributed by atoms with E-state index in [2.05, 4.69) is 42.2 Å². The van der Waals surface area contributed by atoms with Gasteiger partial charge in [0.25, 0.3) is 0 Å². The number of anilines is 1. The maximum Gasteiger partial charge on any atom is 0.133 e. The molecule has 0 atom stereocenters. The van der Waals surface area contributed by atoms with Crippen molar-refractivity contribution in [2.24, 2.45) is 0 Å². The number of nitrogens with zero attached hydrogens (tertiary/aromatic N) is 1. The Morgan fingerprint density at radius 1 is 1.05 bits per heavy atom. The number of aldehydes is 1. The highest BCUT2D eigenvalue weighted by atomic mass is 16.3. The summed E-state index contributed by atoms with van der Waals surface area (Å²) in [6.45, 7) is 23.6. The molecule has 0 saturated carbocycles. The van der Waals surface area contributed by atoms with E-state index in [1.54, 1.807) is 36.4 Å². The molecule has 2 rings (SSSR count). The summed E-state index contributed by atoms with van der Waals surface area (Å²) in [4.78, 5) is 12.6. The third-order valence-corrected chi connectivity index (χ3v) is 4.85. The molecule has 1 aliphatic rings. The second-order valence-corrected chi connectivity index (χ2v) is 7.94. The van der Waals surface area contributed by atoms with Gasteiger partial charge in [-0.15, -0.1) is 13.2 Å². The number of likely N-dealkylation sites (N-methyl/N-ethyl adjacent to an activating group) is 1. The molecule has 7 nitrogen and oxygen atoms in total. The number of aliphatic hydroxyl groups is 2. The van der Waals surface area contributed by atoms with Gasteiger partial charge in [0.1, 0.15) is 12.0 Å². The van der Waals surface area contributed by atoms with Crippen LogP contribution in [0.1, 0.15) is 59.4 Å². The van der Waals surface area contributed by atoms with Crippen molar-refractivity contribution in [1.82, 2.24) is 10.2 Å². The highest BCUT2D eigenvalue weighted by Gasteiger charge is 2.19. The van der Waals surface area contributed by atoms with Crippen LogP contribution < -0.4 is 10.6 Å². The fraction of sp³-hybridized carbons (Fsp3) is 0.485. The van der Waals surface area contributed by atoms with E-state index >= 15 is 0 Å². The van der Waals surface area contributed by atoms with E-state index in [0.29, 0.717) is 18.2 Å². The van der Waals surface area contributed by atoms with E-state index < -0.39 is 0 Å². The van der Waals surface area contributed by atoms with Crippen LogP contribution in [0.4, 0.5) is 5.69 Å². The van der Waals surface area contributed by atoms with Crippen molar-refractivity contribution < 1.29 is 20.1 Å². The fourth-order valence-corrected chi connectivity index (χ4v) is 2.82. The van der Waals surface area contributed by atoms with Crippen molar-refractivity contribution in [3.63, 3.8) is 0 Å². The molecule has 0 radical (unpaired) electrons. The highest BCUT2D eigenvalue weighted by Crippen LogP contribution is 2.24. The molecule has 40 heavy (non-hydrogen) atoms. The molecule has 230 valence electrons. The molecule has 0 bridgehead atoms. The summed E-state index contributed by atoms with van der Waals surface area (Å²) < 4.78 is 0. The second-order valence-electron chi connectivity index (χ2n) is 7.94. The number of likely N-dealkylation sites (tertiary alicyclic amines) is 1. The lowest BCUT2D eigenvalue weighted by Gasteiger charge is -2.32. The second kappa shape index (κ2) is 38.2. The van der Waals surface area contributed by atoms with Crippen LogP contribution in [0.5, 0.6) is 5.75 Å². The molecular formula is C33H59N3O4. The lowest BCUT2D eigenvalue weighted by Crippen LogP contribution is -2.39. The van der Waals surface area contributed by atoms with Crippen LogP contribution in [0.3, 0.4) is 0 Å². The molecule has 1 aliphatic heterocycles. The summed E-state index contributed by atoms with van der Waals surface area (Å²) in [5.74, 6) is 0.162. The van der Waals surface area contributed by atoms with Crippen molar-refractivity contribution in [1.29, 1.82) is 0 Å². The number of aromatic hydroxyl groups is 1. The van der Waals surface area contributed by atoms with Gasteiger partial charge in [-0.05, 0) is 58.4 Å². The van der Waals surface area contributed by atoms with Gasteiger partial charge in [0.2, 0.25) is 0 Å². The van der Waals surface area contributed by atoms with Crippen LogP contribution in [-0.2, 0) is 11.4 Å². The number of allylic oxidation sites excluding steroid dienone is 5. The van der Waals surface area contributed by atoms with E-state index in [4.69, 9.17) is 5.11 Å². The molecule has 1 fully saturated rings. The fourth-order valence-electron chi connectivity index (χ4n) is 2.82. The number of phenols is 1. The Morgan fingerprint density at radius 2 is 1.65 bits per heavy atom. The number of hydrogen-bond donors (Lipinski definition) is 5. The summed E-state index contributed by atoms with van der Waals surface area (Å²) in [5.41, 5.74) is 1.57. The van der Waals surface area contributed by atoms with Gasteiger partial charge >= 0.3 is 0 Å². The highest BCUT2D eigenvalue weighted by molar-refractivity contribution is 5.54. The first-order valence-corrected chi connectivity index (χ1v) is 14.1. The molecule has 0 aromatic heterocycles. The third-order valence-electron chi connectivity index (χ3n) is 4.85. The SMILES string of the molecule is C/C=C/CO.C=C/C=C\C.C=CCC.C=CCNC.CC.O=CCN1CCC(Nc2ccc(O)cc2CO)CC1. The van der Waals surface area contributed by atoms with E-state index in [9.17, 15) is 15.0 Å². The molecule has 1 aromatic rings. The number of phenolic OH excluding ortho intramolecular Hbond substituents is 1. The van der Waals surface area contributed by atoms with Gasteiger partial charge < -0.3 is 30.7 Å². The molecule has 0 amide bonds. The maximum absolute atomic E-state index is 10.5. The minimum absolute atomic E-state index is 0.0965. The first kappa shape index (κ1) is 44.1. The zero-order valence-electron chi connectivity index (χ0n) is 26.1. The molecule has 1 aromatic carbocycles. The van der Waals surface area contributed by atoms with Crippen molar-refractivity contribution in [3.8, 4) is 5.75 Å². The van der Waals surface area contributed by atoms with Crippen LogP contribution in [0.2, 0.25) is 0 Å². The maximum atomic E-state index is 10.5. The van der Waals surface area contributed by atoms with E-state index in [1.807, 2.05) is 59.0 Å². The van der Waals surface area contributed by atoms with Crippen LogP contribution in [-0.4, -0.2) is 72.4 Å². The van der Waals surface area contributed by atoms with E-state index in [-0.39, 0.29) is 19.0 Å². The Bertz CT molecular complexity index is 756. The molecule has 0 unspecified atom stereocenters. The van der Waals surface area contributed by atoms with E-state index in [1.165, 1.54) is 0 Å². The smallest absolute Gasteiger partial charge is 0.133 e. The number of piperidine rings is 1. The lowest BCUT2D eigenvalue weighted by atomic mass is 10.0. The number of carbonyl (C=O) groups excluding carboxylic acids is 1. The molecule has 7 heteroatoms. The summed E-state index contributed by atoms with van der Waals surface area (Å²) >= 11 is 0. The Balaban J connectivity index is -0.000000253. The van der Waals surface area contributed by atoms with Crippen molar-refractivity contribution in [2.45, 2.75) is 66.5 Å². The van der Waals surface area contributed by atoms with Crippen LogP contribution >= 0.6 is 0 Å². The van der Waals surface area contributed by atoms with Gasteiger partial charge in [-0.1, -0.05) is 69.9 Å². The quantitative estimate of drug-likeness (QED) is 0.0993. The number of hydrogen-bond acceptors (Lipinski definition) is 7. The molecule has 1 heterocycles. The Kier molecular flexibility index (Phi) is 42.1. The van der Waals surface area contributed by atoms with Crippen LogP contribution in [0, 0.1) is 0 Å². The minimum atomic E-state index is -0.0965. The number of rotatable bonds is 10. The average Bonchev–Trinajstić information content (AvgIpc) is 2.98. The van der Waals surface area contributed by atoms with Gasteiger partial charge in [0.05, 0.1) is 19.8 Å². The molecular weight excluding hydrogens is 502 g/mol. The zero-order valence-corrected chi connectivity index (χ0v) is 26.1. The summed E-state index contributed by atoms with van der Waals surface area (Å²) in [6.07, 6.45) is 16.7. The van der Waals surface area contributed by atoms with Crippen LogP contribution in [0.15, 0.2) is 80.5 Å². The first-order valence-electron chi connectivity index (χ1n) is 14.1. The predicted molar refractivity (Wildman–Crippen MR) is 176 cm³/mol. The van der Waals surface area contributed by atoms with Gasteiger partial charge in [-0.25, -0.2) is 0 Å². The number of nitrogens with one attached hydrogen (secondary N) is 2. The number of benzene rings is 1. The lowest BCUT2D eigenvalue weighted by molar-refractivity contribution is -0.109. The van der Waals surface area contributed by atoms with E-state index in [0.717, 1.165) is 50.9 Å². The van der Waals surface area contributed by atoms with Gasteiger partial charge in [-0.3, -0.25) is 4.90 Å².